The first-order valence-corrected chi connectivity index (χ1v) is 10.1. The van der Waals surface area contributed by atoms with E-state index >= 15 is 0 Å². The highest BCUT2D eigenvalue weighted by atomic mass is 16.7. The standard InChI is InChI=1S/C22H27N3O4/c1-16(2)29-20-6-4-3-5-18(20)24-17-7-8-19(23-15-17)21(26)25-11-9-22(10-12-25)27-13-14-28-22/h3-8,15-16,24H,9-14H2,1-2H3. The maximum absolute atomic E-state index is 12.8. The first-order chi connectivity index (χ1) is 14.0. The summed E-state index contributed by atoms with van der Waals surface area (Å²) in [7, 11) is 0. The van der Waals surface area contributed by atoms with E-state index in [0.717, 1.165) is 17.1 Å². The lowest BCUT2D eigenvalue weighted by molar-refractivity contribution is -0.181. The third-order valence-electron chi connectivity index (χ3n) is 5.14. The maximum Gasteiger partial charge on any atom is 0.272 e. The van der Waals surface area contributed by atoms with Crippen molar-refractivity contribution in [2.24, 2.45) is 0 Å². The molecule has 3 heterocycles. The molecule has 1 amide bonds. The van der Waals surface area contributed by atoms with Crippen molar-refractivity contribution in [1.29, 1.82) is 0 Å². The Balaban J connectivity index is 1.39. The number of ether oxygens (including phenoxy) is 3. The van der Waals surface area contributed by atoms with Gasteiger partial charge in [-0.05, 0) is 38.1 Å². The number of rotatable bonds is 5. The van der Waals surface area contributed by atoms with Crippen molar-refractivity contribution in [2.45, 2.75) is 38.6 Å². The molecule has 1 aromatic carbocycles. The molecular weight excluding hydrogens is 370 g/mol. The number of carbonyl (C=O) groups excluding carboxylic acids is 1. The molecule has 7 nitrogen and oxygen atoms in total. The molecule has 1 N–H and O–H groups in total. The lowest BCUT2D eigenvalue weighted by Crippen LogP contribution is -2.47. The summed E-state index contributed by atoms with van der Waals surface area (Å²) in [4.78, 5) is 19.0. The van der Waals surface area contributed by atoms with Gasteiger partial charge in [-0.2, -0.15) is 0 Å². The molecule has 1 spiro atoms. The zero-order chi connectivity index (χ0) is 20.3. The molecular formula is C22H27N3O4. The molecule has 0 saturated carbocycles. The molecule has 2 fully saturated rings. The Bertz CT molecular complexity index is 837. The summed E-state index contributed by atoms with van der Waals surface area (Å²) in [5, 5.41) is 3.31. The summed E-state index contributed by atoms with van der Waals surface area (Å²) in [6.07, 6.45) is 3.16. The van der Waals surface area contributed by atoms with Crippen molar-refractivity contribution in [1.82, 2.24) is 9.88 Å². The van der Waals surface area contributed by atoms with Gasteiger partial charge in [0.1, 0.15) is 11.4 Å². The number of benzene rings is 1. The molecule has 1 aromatic heterocycles. The van der Waals surface area contributed by atoms with Crippen LogP contribution in [0.5, 0.6) is 5.75 Å². The summed E-state index contributed by atoms with van der Waals surface area (Å²) in [5.74, 6) is 0.234. The number of likely N-dealkylation sites (tertiary alicyclic amines) is 1. The molecule has 0 atom stereocenters. The number of pyridine rings is 1. The highest BCUT2D eigenvalue weighted by Crippen LogP contribution is 2.32. The number of nitrogens with zero attached hydrogens (tertiary/aromatic N) is 2. The molecule has 2 aromatic rings. The summed E-state index contributed by atoms with van der Waals surface area (Å²) in [6, 6.07) is 11.4. The van der Waals surface area contributed by atoms with Crippen LogP contribution < -0.4 is 10.1 Å². The number of para-hydroxylation sites is 2. The SMILES string of the molecule is CC(C)Oc1ccccc1Nc1ccc(C(=O)N2CCC3(CC2)OCCO3)nc1. The Kier molecular flexibility index (Phi) is 5.69. The number of amides is 1. The number of anilines is 2. The van der Waals surface area contributed by atoms with Crippen LogP contribution in [0.2, 0.25) is 0 Å². The van der Waals surface area contributed by atoms with Crippen LogP contribution in [0.4, 0.5) is 11.4 Å². The van der Waals surface area contributed by atoms with Gasteiger partial charge in [0, 0.05) is 25.9 Å². The topological polar surface area (TPSA) is 72.9 Å². The summed E-state index contributed by atoms with van der Waals surface area (Å²) < 4.78 is 17.3. The zero-order valence-corrected chi connectivity index (χ0v) is 16.9. The van der Waals surface area contributed by atoms with E-state index in [1.165, 1.54) is 0 Å². The second-order valence-corrected chi connectivity index (χ2v) is 7.62. The Labute approximate surface area is 171 Å². The van der Waals surface area contributed by atoms with Crippen LogP contribution in [0.3, 0.4) is 0 Å². The van der Waals surface area contributed by atoms with E-state index in [4.69, 9.17) is 14.2 Å². The molecule has 154 valence electrons. The normalized spacial score (nSPS) is 18.2. The predicted octanol–water partition coefficient (Wildman–Crippen LogP) is 3.59. The van der Waals surface area contributed by atoms with E-state index in [0.29, 0.717) is 44.8 Å². The average molecular weight is 397 g/mol. The lowest BCUT2D eigenvalue weighted by atomic mass is 10.0. The molecule has 4 rings (SSSR count). The van der Waals surface area contributed by atoms with E-state index in [9.17, 15) is 4.79 Å². The Morgan fingerprint density at radius 3 is 2.52 bits per heavy atom. The number of hydrogen-bond donors (Lipinski definition) is 1. The molecule has 2 saturated heterocycles. The Morgan fingerprint density at radius 1 is 1.14 bits per heavy atom. The van der Waals surface area contributed by atoms with Crippen LogP contribution in [0.1, 0.15) is 37.2 Å². The van der Waals surface area contributed by atoms with Crippen molar-refractivity contribution >= 4 is 17.3 Å². The van der Waals surface area contributed by atoms with Crippen molar-refractivity contribution in [3.05, 3.63) is 48.3 Å². The summed E-state index contributed by atoms with van der Waals surface area (Å²) >= 11 is 0. The van der Waals surface area contributed by atoms with Gasteiger partial charge in [-0.15, -0.1) is 0 Å². The zero-order valence-electron chi connectivity index (χ0n) is 16.9. The maximum atomic E-state index is 12.8. The van der Waals surface area contributed by atoms with Gasteiger partial charge in [0.15, 0.2) is 5.79 Å². The van der Waals surface area contributed by atoms with Crippen LogP contribution in [0.15, 0.2) is 42.6 Å². The second-order valence-electron chi connectivity index (χ2n) is 7.62. The number of aromatic nitrogens is 1. The van der Waals surface area contributed by atoms with Crippen LogP contribution in [0.25, 0.3) is 0 Å². The Hall–Kier alpha value is -2.64. The number of piperidine rings is 1. The van der Waals surface area contributed by atoms with Crippen molar-refractivity contribution in [3.8, 4) is 5.75 Å². The minimum absolute atomic E-state index is 0.0621. The minimum atomic E-state index is -0.483. The third kappa shape index (κ3) is 4.52. The van der Waals surface area contributed by atoms with Crippen LogP contribution in [-0.2, 0) is 9.47 Å². The molecule has 2 aliphatic rings. The van der Waals surface area contributed by atoms with Gasteiger partial charge in [0.05, 0.1) is 36.9 Å². The van der Waals surface area contributed by atoms with Crippen molar-refractivity contribution in [3.63, 3.8) is 0 Å². The summed E-state index contributed by atoms with van der Waals surface area (Å²) in [6.45, 7) is 6.48. The fourth-order valence-corrected chi connectivity index (χ4v) is 3.67. The fraction of sp³-hybridized carbons (Fsp3) is 0.455. The second kappa shape index (κ2) is 8.39. The number of nitrogens with one attached hydrogen (secondary N) is 1. The van der Waals surface area contributed by atoms with Gasteiger partial charge >= 0.3 is 0 Å². The number of hydrogen-bond acceptors (Lipinski definition) is 6. The molecule has 0 unspecified atom stereocenters. The van der Waals surface area contributed by atoms with Gasteiger partial charge in [0.2, 0.25) is 0 Å². The largest absolute Gasteiger partial charge is 0.489 e. The van der Waals surface area contributed by atoms with E-state index < -0.39 is 5.79 Å². The van der Waals surface area contributed by atoms with Crippen LogP contribution in [0, 0.1) is 0 Å². The van der Waals surface area contributed by atoms with E-state index in [1.807, 2.05) is 49.1 Å². The number of carbonyl (C=O) groups is 1. The first-order valence-electron chi connectivity index (χ1n) is 10.1. The van der Waals surface area contributed by atoms with Crippen LogP contribution in [-0.4, -0.2) is 54.0 Å². The quantitative estimate of drug-likeness (QED) is 0.831. The van der Waals surface area contributed by atoms with Gasteiger partial charge < -0.3 is 24.4 Å². The smallest absolute Gasteiger partial charge is 0.272 e. The Morgan fingerprint density at radius 2 is 1.86 bits per heavy atom. The molecule has 2 aliphatic heterocycles. The first kappa shape index (κ1) is 19.7. The molecule has 0 aliphatic carbocycles. The molecule has 7 heteroatoms. The summed E-state index contributed by atoms with van der Waals surface area (Å²) in [5.41, 5.74) is 2.10. The van der Waals surface area contributed by atoms with Crippen molar-refractivity contribution < 1.29 is 19.0 Å². The van der Waals surface area contributed by atoms with Gasteiger partial charge in [-0.3, -0.25) is 4.79 Å². The van der Waals surface area contributed by atoms with Gasteiger partial charge in [-0.1, -0.05) is 12.1 Å². The van der Waals surface area contributed by atoms with E-state index in [2.05, 4.69) is 10.3 Å². The molecule has 29 heavy (non-hydrogen) atoms. The lowest BCUT2D eigenvalue weighted by Gasteiger charge is -2.37. The van der Waals surface area contributed by atoms with Gasteiger partial charge in [0.25, 0.3) is 5.91 Å². The predicted molar refractivity (Wildman–Crippen MR) is 109 cm³/mol. The highest BCUT2D eigenvalue weighted by Gasteiger charge is 2.41. The van der Waals surface area contributed by atoms with Crippen molar-refractivity contribution in [2.75, 3.05) is 31.6 Å². The van der Waals surface area contributed by atoms with E-state index in [1.54, 1.807) is 12.3 Å². The fourth-order valence-electron chi connectivity index (χ4n) is 3.67. The molecule has 0 bridgehead atoms. The molecule has 0 radical (unpaired) electrons. The third-order valence-corrected chi connectivity index (χ3v) is 5.14. The van der Waals surface area contributed by atoms with E-state index in [-0.39, 0.29) is 12.0 Å². The minimum Gasteiger partial charge on any atom is -0.489 e. The average Bonchev–Trinajstić information content (AvgIpc) is 3.18. The van der Waals surface area contributed by atoms with Gasteiger partial charge in [-0.25, -0.2) is 4.98 Å². The van der Waals surface area contributed by atoms with Crippen LogP contribution >= 0.6 is 0 Å². The monoisotopic (exact) mass is 397 g/mol. The highest BCUT2D eigenvalue weighted by molar-refractivity contribution is 5.92.